The van der Waals surface area contributed by atoms with Gasteiger partial charge in [-0.2, -0.15) is 0 Å². The fraction of sp³-hybridized carbons (Fsp3) is 0.333. The topological polar surface area (TPSA) is 29.0 Å². The summed E-state index contributed by atoms with van der Waals surface area (Å²) < 4.78 is 0.856. The van der Waals surface area contributed by atoms with E-state index in [4.69, 9.17) is 0 Å². The molecule has 0 saturated carbocycles. The van der Waals surface area contributed by atoms with Gasteiger partial charge in [-0.1, -0.05) is 35.6 Å². The normalized spacial score (nSPS) is 15.5. The Kier molecular flexibility index (Phi) is 3.11. The molecule has 88 valence electrons. The Morgan fingerprint density at radius 3 is 2.24 bits per heavy atom. The number of benzene rings is 1. The summed E-state index contributed by atoms with van der Waals surface area (Å²) in [6, 6.07) is 8.70. The molecule has 0 bridgehead atoms. The monoisotopic (exact) mass is 309 g/mol. The number of rotatable bonds is 1. The van der Waals surface area contributed by atoms with Crippen LogP contribution in [0.25, 0.3) is 0 Å². The van der Waals surface area contributed by atoms with Gasteiger partial charge in [0.15, 0.2) is 3.92 Å². The van der Waals surface area contributed by atoms with Crippen LogP contribution in [0.5, 0.6) is 0 Å². The molecule has 0 atom stereocenters. The first kappa shape index (κ1) is 11.2. The molecule has 2 heterocycles. The maximum atomic E-state index is 4.19. The summed E-state index contributed by atoms with van der Waals surface area (Å²) in [7, 11) is 0. The van der Waals surface area contributed by atoms with E-state index in [0.717, 1.165) is 35.0 Å². The number of nitrogens with zero attached hydrogens (tertiary/aromatic N) is 3. The van der Waals surface area contributed by atoms with Gasteiger partial charge in [-0.15, -0.1) is 10.2 Å². The van der Waals surface area contributed by atoms with Crippen molar-refractivity contribution in [2.24, 2.45) is 0 Å². The fourth-order valence-electron chi connectivity index (χ4n) is 2.19. The van der Waals surface area contributed by atoms with Crippen molar-refractivity contribution < 1.29 is 0 Å². The molecule has 0 fully saturated rings. The average Bonchev–Trinajstić information content (AvgIpc) is 2.66. The summed E-state index contributed by atoms with van der Waals surface area (Å²) in [5.41, 5.74) is 2.94. The molecule has 0 amide bonds. The smallest absolute Gasteiger partial charge is 0.209 e. The Hall–Kier alpha value is -0.940. The third kappa shape index (κ3) is 2.35. The Bertz CT molecular complexity index is 499. The third-order valence-corrected chi connectivity index (χ3v) is 4.50. The summed E-state index contributed by atoms with van der Waals surface area (Å²) in [4.78, 5) is 2.32. The molecule has 0 saturated heterocycles. The number of hydrogen-bond donors (Lipinski definition) is 0. The van der Waals surface area contributed by atoms with Crippen molar-refractivity contribution >= 4 is 32.4 Å². The van der Waals surface area contributed by atoms with Crippen molar-refractivity contribution in [2.45, 2.75) is 12.8 Å². The van der Waals surface area contributed by atoms with Crippen LogP contribution in [-0.4, -0.2) is 23.3 Å². The van der Waals surface area contributed by atoms with Crippen molar-refractivity contribution in [1.29, 1.82) is 0 Å². The molecule has 3 rings (SSSR count). The van der Waals surface area contributed by atoms with Gasteiger partial charge >= 0.3 is 0 Å². The Balaban J connectivity index is 1.81. The minimum absolute atomic E-state index is 0.856. The van der Waals surface area contributed by atoms with Gasteiger partial charge in [-0.3, -0.25) is 0 Å². The highest BCUT2D eigenvalue weighted by Crippen LogP contribution is 2.26. The largest absolute Gasteiger partial charge is 0.346 e. The van der Waals surface area contributed by atoms with Gasteiger partial charge < -0.3 is 4.90 Å². The van der Waals surface area contributed by atoms with Crippen molar-refractivity contribution in [2.75, 3.05) is 18.0 Å². The lowest BCUT2D eigenvalue weighted by Crippen LogP contribution is -2.25. The summed E-state index contributed by atoms with van der Waals surface area (Å²) in [5, 5.41) is 9.22. The van der Waals surface area contributed by atoms with E-state index < -0.39 is 0 Å². The van der Waals surface area contributed by atoms with Crippen LogP contribution in [0.2, 0.25) is 0 Å². The van der Waals surface area contributed by atoms with Crippen LogP contribution >= 0.6 is 27.3 Å². The highest BCUT2D eigenvalue weighted by atomic mass is 79.9. The first-order valence-corrected chi connectivity index (χ1v) is 7.24. The Labute approximate surface area is 113 Å². The molecule has 17 heavy (non-hydrogen) atoms. The van der Waals surface area contributed by atoms with Crippen molar-refractivity contribution in [3.63, 3.8) is 0 Å². The second kappa shape index (κ2) is 4.74. The average molecular weight is 310 g/mol. The van der Waals surface area contributed by atoms with Gasteiger partial charge in [-0.05, 0) is 39.9 Å². The second-order valence-corrected chi connectivity index (χ2v) is 6.33. The van der Waals surface area contributed by atoms with Crippen molar-refractivity contribution in [3.8, 4) is 0 Å². The van der Waals surface area contributed by atoms with Crippen LogP contribution < -0.4 is 4.90 Å². The van der Waals surface area contributed by atoms with E-state index in [9.17, 15) is 0 Å². The summed E-state index contributed by atoms with van der Waals surface area (Å²) in [6.07, 6.45) is 2.18. The van der Waals surface area contributed by atoms with Crippen LogP contribution in [-0.2, 0) is 12.8 Å². The molecule has 1 aliphatic heterocycles. The second-order valence-electron chi connectivity index (χ2n) is 4.09. The number of fused-ring (bicyclic) bond motifs is 1. The minimum atomic E-state index is 0.856. The van der Waals surface area contributed by atoms with Crippen molar-refractivity contribution in [1.82, 2.24) is 10.2 Å². The highest BCUT2D eigenvalue weighted by molar-refractivity contribution is 9.11. The van der Waals surface area contributed by atoms with Gasteiger partial charge in [-0.25, -0.2) is 0 Å². The zero-order valence-electron chi connectivity index (χ0n) is 9.27. The van der Waals surface area contributed by atoms with E-state index in [1.807, 2.05) is 0 Å². The molecule has 5 heteroatoms. The number of halogens is 1. The zero-order valence-corrected chi connectivity index (χ0v) is 11.7. The first-order chi connectivity index (χ1) is 8.33. The predicted octanol–water partition coefficient (Wildman–Crippen LogP) is 2.91. The van der Waals surface area contributed by atoms with E-state index >= 15 is 0 Å². The quantitative estimate of drug-likeness (QED) is 0.811. The van der Waals surface area contributed by atoms with Gasteiger partial charge in [0.1, 0.15) is 0 Å². The van der Waals surface area contributed by atoms with E-state index in [1.54, 1.807) is 11.3 Å². The van der Waals surface area contributed by atoms with Gasteiger partial charge in [0, 0.05) is 13.1 Å². The summed E-state index contributed by atoms with van der Waals surface area (Å²) >= 11 is 4.97. The molecule has 0 N–H and O–H groups in total. The number of anilines is 1. The van der Waals surface area contributed by atoms with Crippen LogP contribution in [0.4, 0.5) is 5.13 Å². The fourth-order valence-corrected chi connectivity index (χ4v) is 3.32. The first-order valence-electron chi connectivity index (χ1n) is 5.63. The summed E-state index contributed by atoms with van der Waals surface area (Å²) in [5.74, 6) is 0. The lowest BCUT2D eigenvalue weighted by Gasteiger charge is -2.17. The molecule has 1 aromatic carbocycles. The van der Waals surface area contributed by atoms with E-state index in [-0.39, 0.29) is 0 Å². The maximum absolute atomic E-state index is 4.19. The van der Waals surface area contributed by atoms with E-state index in [2.05, 4.69) is 55.3 Å². The van der Waals surface area contributed by atoms with Crippen LogP contribution in [0, 0.1) is 0 Å². The molecular weight excluding hydrogens is 298 g/mol. The Morgan fingerprint density at radius 1 is 1.06 bits per heavy atom. The van der Waals surface area contributed by atoms with E-state index in [1.165, 1.54) is 11.1 Å². The van der Waals surface area contributed by atoms with Crippen LogP contribution in [0.15, 0.2) is 28.2 Å². The molecule has 3 nitrogen and oxygen atoms in total. The molecular formula is C12H12BrN3S. The highest BCUT2D eigenvalue weighted by Gasteiger charge is 2.16. The van der Waals surface area contributed by atoms with E-state index in [0.29, 0.717) is 0 Å². The molecule has 1 aromatic heterocycles. The van der Waals surface area contributed by atoms with Gasteiger partial charge in [0.2, 0.25) is 5.13 Å². The Morgan fingerprint density at radius 2 is 1.71 bits per heavy atom. The molecule has 0 unspecified atom stereocenters. The SMILES string of the molecule is Brc1nnc(N2CCc3ccccc3CC2)s1. The number of aromatic nitrogens is 2. The maximum Gasteiger partial charge on any atom is 0.209 e. The molecule has 0 radical (unpaired) electrons. The lowest BCUT2D eigenvalue weighted by molar-refractivity contribution is 0.792. The standard InChI is InChI=1S/C12H12BrN3S/c13-11-14-15-12(17-11)16-7-5-9-3-1-2-4-10(9)6-8-16/h1-4H,5-8H2. The zero-order chi connectivity index (χ0) is 11.7. The predicted molar refractivity (Wildman–Crippen MR) is 73.7 cm³/mol. The minimum Gasteiger partial charge on any atom is -0.346 e. The molecule has 0 aliphatic carbocycles. The van der Waals surface area contributed by atoms with Crippen LogP contribution in [0.1, 0.15) is 11.1 Å². The molecule has 2 aromatic rings. The molecule has 0 spiro atoms. The molecule has 1 aliphatic rings. The van der Waals surface area contributed by atoms with Crippen molar-refractivity contribution in [3.05, 3.63) is 39.3 Å². The number of hydrogen-bond acceptors (Lipinski definition) is 4. The van der Waals surface area contributed by atoms with Gasteiger partial charge in [0.25, 0.3) is 0 Å². The van der Waals surface area contributed by atoms with Crippen LogP contribution in [0.3, 0.4) is 0 Å². The lowest BCUT2D eigenvalue weighted by atomic mass is 10.0. The summed E-state index contributed by atoms with van der Waals surface area (Å²) in [6.45, 7) is 2.05. The third-order valence-electron chi connectivity index (χ3n) is 3.08. The van der Waals surface area contributed by atoms with Gasteiger partial charge in [0.05, 0.1) is 0 Å².